The van der Waals surface area contributed by atoms with Gasteiger partial charge in [0.1, 0.15) is 0 Å². The van der Waals surface area contributed by atoms with Crippen molar-refractivity contribution in [1.29, 1.82) is 0 Å². The van der Waals surface area contributed by atoms with Crippen LogP contribution >= 0.6 is 24.0 Å². The van der Waals surface area contributed by atoms with Crippen LogP contribution in [0, 0.1) is 5.92 Å². The molecule has 1 atom stereocenters. The second-order valence-electron chi connectivity index (χ2n) is 7.21. The third kappa shape index (κ3) is 7.22. The van der Waals surface area contributed by atoms with Gasteiger partial charge in [0.25, 0.3) is 0 Å². The molecule has 8 nitrogen and oxygen atoms in total. The van der Waals surface area contributed by atoms with E-state index in [1.54, 1.807) is 19.0 Å². The van der Waals surface area contributed by atoms with Crippen molar-refractivity contribution in [2.24, 2.45) is 10.9 Å². The quantitative estimate of drug-likeness (QED) is 0.339. The van der Waals surface area contributed by atoms with Gasteiger partial charge in [-0.3, -0.25) is 4.79 Å². The largest absolute Gasteiger partial charge is 0.490 e. The smallest absolute Gasteiger partial charge is 0.241 e. The highest BCUT2D eigenvalue weighted by Gasteiger charge is 2.17. The number of carbonyl (C=O) groups excluding carboxylic acids is 1. The highest BCUT2D eigenvalue weighted by Crippen LogP contribution is 2.33. The van der Waals surface area contributed by atoms with E-state index >= 15 is 0 Å². The van der Waals surface area contributed by atoms with Crippen LogP contribution in [0.4, 0.5) is 0 Å². The third-order valence-electron chi connectivity index (χ3n) is 4.75. The highest BCUT2D eigenvalue weighted by molar-refractivity contribution is 14.0. The van der Waals surface area contributed by atoms with Crippen LogP contribution in [0.25, 0.3) is 0 Å². The molecule has 1 unspecified atom stereocenters. The Morgan fingerprint density at radius 3 is 2.79 bits per heavy atom. The van der Waals surface area contributed by atoms with Gasteiger partial charge in [-0.1, -0.05) is 12.1 Å². The molecule has 0 aliphatic carbocycles. The van der Waals surface area contributed by atoms with E-state index < -0.39 is 0 Å². The number of ether oxygens (including phenoxy) is 3. The summed E-state index contributed by atoms with van der Waals surface area (Å²) < 4.78 is 17.0. The molecule has 3 rings (SSSR count). The fraction of sp³-hybridized carbons (Fsp3) is 0.600. The van der Waals surface area contributed by atoms with Gasteiger partial charge in [-0.2, -0.15) is 0 Å². The lowest BCUT2D eigenvalue weighted by atomic mass is 10.1. The van der Waals surface area contributed by atoms with E-state index in [4.69, 9.17) is 14.2 Å². The number of para-hydroxylation sites is 1. The molecule has 2 heterocycles. The van der Waals surface area contributed by atoms with Crippen molar-refractivity contribution in [3.05, 3.63) is 23.8 Å². The van der Waals surface area contributed by atoms with Crippen LogP contribution in [0.2, 0.25) is 0 Å². The van der Waals surface area contributed by atoms with Crippen molar-refractivity contribution in [1.82, 2.24) is 15.5 Å². The first-order valence-electron chi connectivity index (χ1n) is 9.81. The first-order valence-corrected chi connectivity index (χ1v) is 9.81. The van der Waals surface area contributed by atoms with Crippen LogP contribution in [0.5, 0.6) is 11.5 Å². The average Bonchev–Trinajstić information content (AvgIpc) is 3.10. The summed E-state index contributed by atoms with van der Waals surface area (Å²) in [5, 5.41) is 6.46. The lowest BCUT2D eigenvalue weighted by Gasteiger charge is -2.17. The molecule has 1 fully saturated rings. The number of guanidine groups is 1. The molecule has 1 aromatic rings. The molecule has 2 aliphatic rings. The summed E-state index contributed by atoms with van der Waals surface area (Å²) in [7, 11) is 3.47. The maximum Gasteiger partial charge on any atom is 0.241 e. The number of halogens is 1. The van der Waals surface area contributed by atoms with Crippen LogP contribution in [0.15, 0.2) is 23.2 Å². The van der Waals surface area contributed by atoms with Crippen LogP contribution in [-0.4, -0.2) is 70.4 Å². The zero-order valence-corrected chi connectivity index (χ0v) is 19.4. The zero-order chi connectivity index (χ0) is 19.8. The maximum atomic E-state index is 11.9. The van der Waals surface area contributed by atoms with Gasteiger partial charge in [0.15, 0.2) is 17.5 Å². The van der Waals surface area contributed by atoms with Crippen molar-refractivity contribution in [3.63, 3.8) is 0 Å². The molecule has 162 valence electrons. The summed E-state index contributed by atoms with van der Waals surface area (Å²) in [6.07, 6.45) is 1.90. The predicted molar refractivity (Wildman–Crippen MR) is 122 cm³/mol. The Morgan fingerprint density at radius 1 is 1.21 bits per heavy atom. The van der Waals surface area contributed by atoms with E-state index in [-0.39, 0.29) is 36.4 Å². The summed E-state index contributed by atoms with van der Waals surface area (Å²) >= 11 is 0. The molecule has 0 bridgehead atoms. The van der Waals surface area contributed by atoms with E-state index in [1.807, 2.05) is 18.2 Å². The minimum atomic E-state index is -0.0102. The van der Waals surface area contributed by atoms with Gasteiger partial charge in [0.2, 0.25) is 5.91 Å². The van der Waals surface area contributed by atoms with Crippen molar-refractivity contribution in [2.45, 2.75) is 19.4 Å². The van der Waals surface area contributed by atoms with E-state index in [9.17, 15) is 4.79 Å². The number of likely N-dealkylation sites (N-methyl/N-ethyl adjacent to an activating group) is 1. The molecular weight excluding hydrogens is 487 g/mol. The van der Waals surface area contributed by atoms with Crippen molar-refractivity contribution in [3.8, 4) is 11.5 Å². The molecule has 0 radical (unpaired) electrons. The third-order valence-corrected chi connectivity index (χ3v) is 4.75. The van der Waals surface area contributed by atoms with Gasteiger partial charge in [0, 0.05) is 45.1 Å². The number of rotatable bonds is 6. The van der Waals surface area contributed by atoms with Crippen LogP contribution in [-0.2, 0) is 16.1 Å². The number of nitrogens with zero attached hydrogens (tertiary/aromatic N) is 2. The fourth-order valence-electron chi connectivity index (χ4n) is 3.02. The Morgan fingerprint density at radius 2 is 2.03 bits per heavy atom. The van der Waals surface area contributed by atoms with Gasteiger partial charge in [-0.15, -0.1) is 24.0 Å². The molecular formula is C20H31IN4O4. The molecule has 29 heavy (non-hydrogen) atoms. The van der Waals surface area contributed by atoms with Gasteiger partial charge in [0.05, 0.1) is 32.9 Å². The fourth-order valence-corrected chi connectivity index (χ4v) is 3.02. The van der Waals surface area contributed by atoms with Crippen LogP contribution in [0.1, 0.15) is 18.4 Å². The highest BCUT2D eigenvalue weighted by atomic mass is 127. The zero-order valence-electron chi connectivity index (χ0n) is 17.1. The molecule has 1 aromatic carbocycles. The summed E-state index contributed by atoms with van der Waals surface area (Å²) in [6.45, 7) is 4.23. The second-order valence-corrected chi connectivity index (χ2v) is 7.21. The molecule has 0 aromatic heterocycles. The number of fused-ring (bicyclic) bond motifs is 1. The number of nitrogens with one attached hydrogen (secondary N) is 2. The SMILES string of the molecule is CN(C)C(=O)CNC(=NCc1cccc2c1OCCCO2)NCC1CCOC1.I. The van der Waals surface area contributed by atoms with Gasteiger partial charge in [-0.25, -0.2) is 4.99 Å². The van der Waals surface area contributed by atoms with Gasteiger partial charge >= 0.3 is 0 Å². The summed E-state index contributed by atoms with van der Waals surface area (Å²) in [4.78, 5) is 18.2. The molecule has 2 aliphatic heterocycles. The molecule has 1 saturated heterocycles. The normalized spacial score (nSPS) is 18.4. The predicted octanol–water partition coefficient (Wildman–Crippen LogP) is 1.63. The van der Waals surface area contributed by atoms with Crippen LogP contribution in [0.3, 0.4) is 0 Å². The van der Waals surface area contributed by atoms with Crippen molar-refractivity contribution >= 4 is 35.8 Å². The monoisotopic (exact) mass is 518 g/mol. The van der Waals surface area contributed by atoms with E-state index in [2.05, 4.69) is 15.6 Å². The Bertz CT molecular complexity index is 693. The standard InChI is InChI=1S/C20H30N4O4.HI/c1-24(2)18(25)13-23-20(21-11-15-7-10-26-14-15)22-12-16-5-3-6-17-19(16)28-9-4-8-27-17;/h3,5-6,15H,4,7-14H2,1-2H3,(H2,21,22,23);1H. The van der Waals surface area contributed by atoms with E-state index in [1.165, 1.54) is 0 Å². The van der Waals surface area contributed by atoms with Gasteiger partial charge < -0.3 is 29.7 Å². The summed E-state index contributed by atoms with van der Waals surface area (Å²) in [5.74, 6) is 2.58. The first kappa shape index (κ1) is 23.5. The Hall–Kier alpha value is -1.75. The lowest BCUT2D eigenvalue weighted by molar-refractivity contribution is -0.127. The summed E-state index contributed by atoms with van der Waals surface area (Å²) in [6, 6.07) is 5.86. The minimum Gasteiger partial charge on any atom is -0.490 e. The van der Waals surface area contributed by atoms with Crippen molar-refractivity contribution in [2.75, 3.05) is 53.6 Å². The molecule has 1 amide bonds. The minimum absolute atomic E-state index is 0. The molecule has 0 saturated carbocycles. The van der Waals surface area contributed by atoms with Crippen molar-refractivity contribution < 1.29 is 19.0 Å². The number of aliphatic imine (C=N–C) groups is 1. The maximum absolute atomic E-state index is 11.9. The van der Waals surface area contributed by atoms with Gasteiger partial charge in [-0.05, 0) is 12.5 Å². The van der Waals surface area contributed by atoms with E-state index in [0.29, 0.717) is 31.6 Å². The number of hydrogen-bond donors (Lipinski definition) is 2. The number of amides is 1. The number of benzene rings is 1. The second kappa shape index (κ2) is 12.1. The molecule has 2 N–H and O–H groups in total. The number of carbonyl (C=O) groups is 1. The Balaban J connectivity index is 0.00000300. The number of hydrogen-bond acceptors (Lipinski definition) is 5. The van der Waals surface area contributed by atoms with Crippen LogP contribution < -0.4 is 20.1 Å². The average molecular weight is 518 g/mol. The van der Waals surface area contributed by atoms with E-state index in [0.717, 1.165) is 49.7 Å². The molecule has 9 heteroatoms. The Kier molecular flexibility index (Phi) is 9.79. The lowest BCUT2D eigenvalue weighted by Crippen LogP contribution is -2.44. The Labute approximate surface area is 189 Å². The topological polar surface area (TPSA) is 84.4 Å². The summed E-state index contributed by atoms with van der Waals surface area (Å²) in [5.41, 5.74) is 0.962. The first-order chi connectivity index (χ1) is 13.6. The molecule has 0 spiro atoms.